The van der Waals surface area contributed by atoms with E-state index in [-0.39, 0.29) is 5.97 Å². The molecule has 0 unspecified atom stereocenters. The third-order valence-corrected chi connectivity index (χ3v) is 3.63. The third-order valence-electron chi connectivity index (χ3n) is 3.63. The van der Waals surface area contributed by atoms with E-state index in [4.69, 9.17) is 15.2 Å². The van der Waals surface area contributed by atoms with Crippen LogP contribution in [0.3, 0.4) is 0 Å². The molecule has 0 saturated heterocycles. The average Bonchev–Trinajstić information content (AvgIpc) is 2.46. The van der Waals surface area contributed by atoms with Crippen LogP contribution in [-0.2, 0) is 4.74 Å². The van der Waals surface area contributed by atoms with Crippen molar-refractivity contribution in [2.24, 2.45) is 5.92 Å². The molecule has 2 N–H and O–H groups in total. The lowest BCUT2D eigenvalue weighted by molar-refractivity contribution is 0.0600. The molecule has 104 valence electrons. The van der Waals surface area contributed by atoms with Crippen molar-refractivity contribution in [3.63, 3.8) is 0 Å². The van der Waals surface area contributed by atoms with Gasteiger partial charge in [0.1, 0.15) is 5.75 Å². The Labute approximate surface area is 113 Å². The number of carbonyl (C=O) groups is 1. The van der Waals surface area contributed by atoms with Crippen molar-refractivity contribution in [1.29, 1.82) is 0 Å². The van der Waals surface area contributed by atoms with E-state index >= 15 is 0 Å². The molecule has 1 aliphatic carbocycles. The first-order valence-corrected chi connectivity index (χ1v) is 6.81. The highest BCUT2D eigenvalue weighted by molar-refractivity contribution is 5.90. The number of methoxy groups -OCH3 is 1. The van der Waals surface area contributed by atoms with Gasteiger partial charge in [-0.25, -0.2) is 4.79 Å². The third kappa shape index (κ3) is 3.63. The molecule has 1 aliphatic rings. The molecular formula is C15H21NO3. The zero-order valence-electron chi connectivity index (χ0n) is 11.4. The van der Waals surface area contributed by atoms with E-state index in [0.29, 0.717) is 29.5 Å². The number of hydrogen-bond acceptors (Lipinski definition) is 4. The van der Waals surface area contributed by atoms with Crippen LogP contribution in [0.25, 0.3) is 0 Å². The van der Waals surface area contributed by atoms with E-state index in [0.717, 1.165) is 0 Å². The molecule has 1 saturated carbocycles. The van der Waals surface area contributed by atoms with Crippen LogP contribution in [0, 0.1) is 5.92 Å². The maximum atomic E-state index is 11.5. The SMILES string of the molecule is COC(=O)c1ccc(N)c(OCC2CCCCC2)c1. The highest BCUT2D eigenvalue weighted by Crippen LogP contribution is 2.27. The van der Waals surface area contributed by atoms with Gasteiger partial charge in [-0.1, -0.05) is 19.3 Å². The summed E-state index contributed by atoms with van der Waals surface area (Å²) < 4.78 is 10.5. The monoisotopic (exact) mass is 263 g/mol. The first-order valence-electron chi connectivity index (χ1n) is 6.81. The van der Waals surface area contributed by atoms with E-state index in [2.05, 4.69) is 0 Å². The van der Waals surface area contributed by atoms with E-state index < -0.39 is 0 Å². The average molecular weight is 263 g/mol. The van der Waals surface area contributed by atoms with E-state index in [1.54, 1.807) is 18.2 Å². The number of nitrogen functional groups attached to an aromatic ring is 1. The first kappa shape index (κ1) is 13.7. The summed E-state index contributed by atoms with van der Waals surface area (Å²) in [5.41, 5.74) is 6.90. The maximum Gasteiger partial charge on any atom is 0.337 e. The first-order chi connectivity index (χ1) is 9.20. The predicted octanol–water partition coefficient (Wildman–Crippen LogP) is 3.01. The molecule has 0 bridgehead atoms. The molecule has 19 heavy (non-hydrogen) atoms. The molecule has 4 heteroatoms. The van der Waals surface area contributed by atoms with Crippen molar-refractivity contribution in [2.45, 2.75) is 32.1 Å². The number of hydrogen-bond donors (Lipinski definition) is 1. The summed E-state index contributed by atoms with van der Waals surface area (Å²) in [4.78, 5) is 11.5. The molecule has 4 nitrogen and oxygen atoms in total. The van der Waals surface area contributed by atoms with Gasteiger partial charge >= 0.3 is 5.97 Å². The van der Waals surface area contributed by atoms with Crippen molar-refractivity contribution in [3.05, 3.63) is 23.8 Å². The van der Waals surface area contributed by atoms with Crippen LogP contribution >= 0.6 is 0 Å². The Bertz CT molecular complexity index is 439. The molecule has 0 atom stereocenters. The molecule has 0 amide bonds. The van der Waals surface area contributed by atoms with E-state index in [1.807, 2.05) is 0 Å². The molecule has 2 rings (SSSR count). The van der Waals surface area contributed by atoms with Crippen molar-refractivity contribution >= 4 is 11.7 Å². The molecule has 0 aliphatic heterocycles. The number of esters is 1. The second-order valence-electron chi connectivity index (χ2n) is 5.06. The Balaban J connectivity index is 2.00. The normalized spacial score (nSPS) is 16.1. The molecular weight excluding hydrogens is 242 g/mol. The quantitative estimate of drug-likeness (QED) is 0.670. The fourth-order valence-corrected chi connectivity index (χ4v) is 2.47. The van der Waals surface area contributed by atoms with Crippen molar-refractivity contribution < 1.29 is 14.3 Å². The van der Waals surface area contributed by atoms with Gasteiger partial charge in [-0.05, 0) is 37.0 Å². The number of benzene rings is 1. The van der Waals surface area contributed by atoms with Gasteiger partial charge in [-0.3, -0.25) is 0 Å². The minimum Gasteiger partial charge on any atom is -0.491 e. The molecule has 0 spiro atoms. The fraction of sp³-hybridized carbons (Fsp3) is 0.533. The Morgan fingerprint density at radius 1 is 1.32 bits per heavy atom. The lowest BCUT2D eigenvalue weighted by atomic mass is 9.90. The van der Waals surface area contributed by atoms with Gasteiger partial charge in [0, 0.05) is 0 Å². The molecule has 0 aromatic heterocycles. The van der Waals surface area contributed by atoms with Crippen LogP contribution in [0.4, 0.5) is 5.69 Å². The minimum atomic E-state index is -0.373. The van der Waals surface area contributed by atoms with Gasteiger partial charge in [-0.2, -0.15) is 0 Å². The Morgan fingerprint density at radius 3 is 2.74 bits per heavy atom. The molecule has 1 aromatic carbocycles. The molecule has 0 radical (unpaired) electrons. The number of ether oxygens (including phenoxy) is 2. The zero-order valence-corrected chi connectivity index (χ0v) is 11.4. The van der Waals surface area contributed by atoms with Gasteiger partial charge in [0.25, 0.3) is 0 Å². The van der Waals surface area contributed by atoms with Crippen LogP contribution in [0.2, 0.25) is 0 Å². The van der Waals surface area contributed by atoms with Crippen LogP contribution in [0.1, 0.15) is 42.5 Å². The Hall–Kier alpha value is -1.71. The van der Waals surface area contributed by atoms with Crippen molar-refractivity contribution in [2.75, 3.05) is 19.5 Å². The van der Waals surface area contributed by atoms with Gasteiger partial charge in [0.15, 0.2) is 0 Å². The van der Waals surface area contributed by atoms with E-state index in [1.165, 1.54) is 39.2 Å². The number of anilines is 1. The fourth-order valence-electron chi connectivity index (χ4n) is 2.47. The Kier molecular flexibility index (Phi) is 4.66. The number of carbonyl (C=O) groups excluding carboxylic acids is 1. The number of rotatable bonds is 4. The number of nitrogens with two attached hydrogens (primary N) is 1. The maximum absolute atomic E-state index is 11.5. The highest BCUT2D eigenvalue weighted by Gasteiger charge is 2.15. The van der Waals surface area contributed by atoms with Gasteiger partial charge in [0.05, 0.1) is 25.0 Å². The molecule has 0 heterocycles. The van der Waals surface area contributed by atoms with E-state index in [9.17, 15) is 4.79 Å². The summed E-state index contributed by atoms with van der Waals surface area (Å²) in [6, 6.07) is 4.99. The summed E-state index contributed by atoms with van der Waals surface area (Å²) in [5, 5.41) is 0. The van der Waals surface area contributed by atoms with Gasteiger partial charge in [-0.15, -0.1) is 0 Å². The van der Waals surface area contributed by atoms with Crippen LogP contribution in [-0.4, -0.2) is 19.7 Å². The second-order valence-corrected chi connectivity index (χ2v) is 5.06. The summed E-state index contributed by atoms with van der Waals surface area (Å²) in [6.45, 7) is 0.675. The van der Waals surface area contributed by atoms with Crippen molar-refractivity contribution in [3.8, 4) is 5.75 Å². The Morgan fingerprint density at radius 2 is 2.05 bits per heavy atom. The summed E-state index contributed by atoms with van der Waals surface area (Å²) >= 11 is 0. The minimum absolute atomic E-state index is 0.373. The standard InChI is InChI=1S/C15H21NO3/c1-18-15(17)12-7-8-13(16)14(9-12)19-10-11-5-3-2-4-6-11/h7-9,11H,2-6,10,16H2,1H3. The second kappa shape index (κ2) is 6.45. The lowest BCUT2D eigenvalue weighted by Gasteiger charge is -2.22. The topological polar surface area (TPSA) is 61.5 Å². The van der Waals surface area contributed by atoms with Gasteiger partial charge < -0.3 is 15.2 Å². The zero-order chi connectivity index (χ0) is 13.7. The van der Waals surface area contributed by atoms with Crippen LogP contribution < -0.4 is 10.5 Å². The summed E-state index contributed by atoms with van der Waals surface area (Å²) in [7, 11) is 1.36. The molecule has 1 fully saturated rings. The predicted molar refractivity (Wildman–Crippen MR) is 74.3 cm³/mol. The largest absolute Gasteiger partial charge is 0.491 e. The summed E-state index contributed by atoms with van der Waals surface area (Å²) in [6.07, 6.45) is 6.33. The van der Waals surface area contributed by atoms with Gasteiger partial charge in [0.2, 0.25) is 0 Å². The highest BCUT2D eigenvalue weighted by atomic mass is 16.5. The smallest absolute Gasteiger partial charge is 0.337 e. The lowest BCUT2D eigenvalue weighted by Crippen LogP contribution is -2.16. The van der Waals surface area contributed by atoms with Crippen molar-refractivity contribution in [1.82, 2.24) is 0 Å². The van der Waals surface area contributed by atoms with Crippen LogP contribution in [0.15, 0.2) is 18.2 Å². The molecule has 1 aromatic rings. The summed E-state index contributed by atoms with van der Waals surface area (Å²) in [5.74, 6) is 0.811. The van der Waals surface area contributed by atoms with Crippen LogP contribution in [0.5, 0.6) is 5.75 Å².